The van der Waals surface area contributed by atoms with Crippen LogP contribution in [0.15, 0.2) is 54.6 Å². The Hall–Kier alpha value is -2.22. The second-order valence-corrected chi connectivity index (χ2v) is 11.1. The zero-order valence-corrected chi connectivity index (χ0v) is 18.9. The van der Waals surface area contributed by atoms with Gasteiger partial charge in [-0.2, -0.15) is 0 Å². The van der Waals surface area contributed by atoms with E-state index in [0.717, 1.165) is 11.1 Å². The van der Waals surface area contributed by atoms with Gasteiger partial charge >= 0.3 is 0 Å². The highest BCUT2D eigenvalue weighted by Crippen LogP contribution is 2.29. The molecule has 7 heteroatoms. The monoisotopic (exact) mass is 432 g/mol. The molecular weight excluding hydrogens is 400 g/mol. The first-order chi connectivity index (χ1) is 13.9. The average molecular weight is 433 g/mol. The van der Waals surface area contributed by atoms with Crippen LogP contribution in [-0.2, 0) is 20.4 Å². The van der Waals surface area contributed by atoms with E-state index in [0.29, 0.717) is 31.5 Å². The van der Waals surface area contributed by atoms with Crippen LogP contribution in [0.3, 0.4) is 0 Å². The zero-order chi connectivity index (χ0) is 22.4. The highest BCUT2D eigenvalue weighted by Gasteiger charge is 2.28. The summed E-state index contributed by atoms with van der Waals surface area (Å²) in [5, 5.41) is 13.7. The Bertz CT molecular complexity index is 931. The number of benzene rings is 2. The van der Waals surface area contributed by atoms with Gasteiger partial charge in [0.15, 0.2) is 0 Å². The lowest BCUT2D eigenvalue weighted by Crippen LogP contribution is -2.39. The molecule has 30 heavy (non-hydrogen) atoms. The van der Waals surface area contributed by atoms with Crippen molar-refractivity contribution in [1.82, 2.24) is 4.72 Å². The summed E-state index contributed by atoms with van der Waals surface area (Å²) in [5.41, 5.74) is 1.06. The molecule has 2 aromatic carbocycles. The molecule has 0 radical (unpaired) electrons. The van der Waals surface area contributed by atoms with Crippen LogP contribution in [0.25, 0.3) is 0 Å². The summed E-state index contributed by atoms with van der Waals surface area (Å²) in [5.74, 6) is -0.128. The van der Waals surface area contributed by atoms with Crippen molar-refractivity contribution in [3.63, 3.8) is 0 Å². The van der Waals surface area contributed by atoms with Crippen molar-refractivity contribution in [3.8, 4) is 0 Å². The lowest BCUT2D eigenvalue weighted by molar-refractivity contribution is -0.116. The van der Waals surface area contributed by atoms with Gasteiger partial charge in [0.25, 0.3) is 0 Å². The number of hydrogen-bond acceptors (Lipinski definition) is 4. The largest absolute Gasteiger partial charge is 0.381 e. The molecule has 0 aromatic heterocycles. The number of hydrogen-bond donors (Lipinski definition) is 3. The number of carbonyl (C=O) groups is 1. The average Bonchev–Trinajstić information content (AvgIpc) is 2.68. The summed E-state index contributed by atoms with van der Waals surface area (Å²) in [4.78, 5) is 12.1. The fourth-order valence-electron chi connectivity index (χ4n) is 2.86. The van der Waals surface area contributed by atoms with E-state index in [-0.39, 0.29) is 5.91 Å². The van der Waals surface area contributed by atoms with Gasteiger partial charge in [-0.1, -0.05) is 42.5 Å². The normalized spacial score (nSPS) is 14.2. The Labute approximate surface area is 179 Å². The molecule has 0 fully saturated rings. The Morgan fingerprint density at radius 3 is 2.03 bits per heavy atom. The van der Waals surface area contributed by atoms with Crippen LogP contribution in [0.5, 0.6) is 0 Å². The quantitative estimate of drug-likeness (QED) is 0.526. The van der Waals surface area contributed by atoms with Crippen molar-refractivity contribution in [1.29, 1.82) is 0 Å². The molecule has 3 N–H and O–H groups in total. The molecule has 0 heterocycles. The third kappa shape index (κ3) is 6.39. The number of sulfonamides is 1. The summed E-state index contributed by atoms with van der Waals surface area (Å²) in [7, 11) is -3.35. The van der Waals surface area contributed by atoms with Crippen molar-refractivity contribution in [2.45, 2.75) is 57.3 Å². The number of aliphatic hydroxyl groups is 1. The predicted molar refractivity (Wildman–Crippen MR) is 121 cm³/mol. The lowest BCUT2D eigenvalue weighted by Gasteiger charge is -2.24. The molecule has 1 atom stereocenters. The minimum Gasteiger partial charge on any atom is -0.381 e. The summed E-state index contributed by atoms with van der Waals surface area (Å²) < 4.78 is 25.7. The predicted octanol–water partition coefficient (Wildman–Crippen LogP) is 3.77. The highest BCUT2D eigenvalue weighted by molar-refractivity contribution is 7.90. The van der Waals surface area contributed by atoms with E-state index < -0.39 is 20.4 Å². The maximum atomic E-state index is 12.1. The minimum atomic E-state index is -3.35. The SMILES string of the molecule is CC(O)(c1ccccc1)c1ccc(NC(=O)CCCCNS(=O)(=O)C(C)(C)C)cc1. The Morgan fingerprint density at radius 1 is 0.900 bits per heavy atom. The molecule has 0 spiro atoms. The van der Waals surface area contributed by atoms with Crippen LogP contribution >= 0.6 is 0 Å². The standard InChI is InChI=1S/C23H32N2O4S/c1-22(2,3)30(28,29)24-17-9-8-12-21(26)25-20-15-13-19(14-16-20)23(4,27)18-10-6-5-7-11-18/h5-7,10-11,13-16,24,27H,8-9,12,17H2,1-4H3,(H,25,26). The molecule has 0 bridgehead atoms. The van der Waals surface area contributed by atoms with Gasteiger partial charge in [0.1, 0.15) is 5.60 Å². The van der Waals surface area contributed by atoms with Crippen molar-refractivity contribution < 1.29 is 18.3 Å². The number of unbranched alkanes of at least 4 members (excludes halogenated alkanes) is 1. The first-order valence-electron chi connectivity index (χ1n) is 10.1. The highest BCUT2D eigenvalue weighted by atomic mass is 32.2. The first kappa shape index (κ1) is 24.1. The molecule has 0 aliphatic rings. The van der Waals surface area contributed by atoms with E-state index >= 15 is 0 Å². The van der Waals surface area contributed by atoms with Crippen LogP contribution < -0.4 is 10.0 Å². The molecule has 6 nitrogen and oxygen atoms in total. The van der Waals surface area contributed by atoms with E-state index in [1.165, 1.54) is 0 Å². The zero-order valence-electron chi connectivity index (χ0n) is 18.1. The summed E-state index contributed by atoms with van der Waals surface area (Å²) in [6, 6.07) is 16.5. The maximum Gasteiger partial charge on any atom is 0.224 e. The van der Waals surface area contributed by atoms with Gasteiger partial charge in [-0.05, 0) is 63.8 Å². The Kier molecular flexibility index (Phi) is 7.80. The molecular formula is C23H32N2O4S. The molecule has 164 valence electrons. The Morgan fingerprint density at radius 2 is 1.47 bits per heavy atom. The van der Waals surface area contributed by atoms with Crippen LogP contribution in [0.4, 0.5) is 5.69 Å². The topological polar surface area (TPSA) is 95.5 Å². The molecule has 0 saturated carbocycles. The minimum absolute atomic E-state index is 0.128. The van der Waals surface area contributed by atoms with E-state index in [4.69, 9.17) is 0 Å². The van der Waals surface area contributed by atoms with Gasteiger partial charge in [-0.25, -0.2) is 13.1 Å². The van der Waals surface area contributed by atoms with E-state index in [9.17, 15) is 18.3 Å². The molecule has 0 aliphatic carbocycles. The van der Waals surface area contributed by atoms with Gasteiger partial charge in [0, 0.05) is 18.7 Å². The number of amides is 1. The third-order valence-electron chi connectivity index (χ3n) is 5.00. The van der Waals surface area contributed by atoms with Crippen molar-refractivity contribution in [3.05, 3.63) is 65.7 Å². The molecule has 1 unspecified atom stereocenters. The van der Waals surface area contributed by atoms with Gasteiger partial charge in [-0.3, -0.25) is 4.79 Å². The smallest absolute Gasteiger partial charge is 0.224 e. The third-order valence-corrected chi connectivity index (χ3v) is 7.19. The maximum absolute atomic E-state index is 12.1. The number of nitrogens with one attached hydrogen (secondary N) is 2. The Balaban J connectivity index is 1.81. The van der Waals surface area contributed by atoms with Gasteiger partial charge in [-0.15, -0.1) is 0 Å². The van der Waals surface area contributed by atoms with Crippen LogP contribution in [0.1, 0.15) is 58.1 Å². The van der Waals surface area contributed by atoms with Crippen LogP contribution in [-0.4, -0.2) is 30.7 Å². The summed E-state index contributed by atoms with van der Waals surface area (Å²) in [6.45, 7) is 6.99. The van der Waals surface area contributed by atoms with Crippen molar-refractivity contribution in [2.24, 2.45) is 0 Å². The molecule has 2 aromatic rings. The molecule has 2 rings (SSSR count). The fraction of sp³-hybridized carbons (Fsp3) is 0.435. The lowest BCUT2D eigenvalue weighted by atomic mass is 9.88. The van der Waals surface area contributed by atoms with Gasteiger partial charge in [0.2, 0.25) is 15.9 Å². The number of carbonyl (C=O) groups excluding carboxylic acids is 1. The molecule has 0 aliphatic heterocycles. The second kappa shape index (κ2) is 9.73. The second-order valence-electron chi connectivity index (χ2n) is 8.53. The van der Waals surface area contributed by atoms with Gasteiger partial charge in [0.05, 0.1) is 4.75 Å². The van der Waals surface area contributed by atoms with Crippen LogP contribution in [0, 0.1) is 0 Å². The fourth-order valence-corrected chi connectivity index (χ4v) is 3.71. The van der Waals surface area contributed by atoms with Gasteiger partial charge < -0.3 is 10.4 Å². The number of rotatable bonds is 9. The van der Waals surface area contributed by atoms with E-state index in [2.05, 4.69) is 10.0 Å². The van der Waals surface area contributed by atoms with Crippen molar-refractivity contribution >= 4 is 21.6 Å². The van der Waals surface area contributed by atoms with Crippen molar-refractivity contribution in [2.75, 3.05) is 11.9 Å². The summed E-state index contributed by atoms with van der Waals surface area (Å²) >= 11 is 0. The first-order valence-corrected chi connectivity index (χ1v) is 11.6. The van der Waals surface area contributed by atoms with Crippen LogP contribution in [0.2, 0.25) is 0 Å². The summed E-state index contributed by atoms with van der Waals surface area (Å²) in [6.07, 6.45) is 1.47. The molecule has 0 saturated heterocycles. The van der Waals surface area contributed by atoms with E-state index in [1.807, 2.05) is 30.3 Å². The van der Waals surface area contributed by atoms with E-state index in [1.54, 1.807) is 52.0 Å². The number of anilines is 1. The molecule has 1 amide bonds.